The number of nitrogens with zero attached hydrogens (tertiary/aromatic N) is 2. The number of halogens is 1. The molecule has 0 saturated carbocycles. The summed E-state index contributed by atoms with van der Waals surface area (Å²) in [7, 11) is 0. The van der Waals surface area contributed by atoms with Gasteiger partial charge in [-0.25, -0.2) is 9.78 Å². The number of hydrogen-bond donors (Lipinski definition) is 1. The van der Waals surface area contributed by atoms with Gasteiger partial charge in [0.2, 0.25) is 0 Å². The molecule has 0 amide bonds. The molecule has 2 aromatic rings. The number of esters is 1. The standard InChI is InChI=1S/C19H22ClN3O2/c20-17-13-16(14-22-18(17)23-10-8-21-9-11-23)19(24)25-12-4-7-15-5-2-1-3-6-15/h1-3,5-6,13-14,21H,4,7-12H2. The lowest BCUT2D eigenvalue weighted by Crippen LogP contribution is -2.44. The fourth-order valence-corrected chi connectivity index (χ4v) is 3.11. The maximum atomic E-state index is 12.2. The molecule has 132 valence electrons. The van der Waals surface area contributed by atoms with Gasteiger partial charge in [-0.1, -0.05) is 41.9 Å². The van der Waals surface area contributed by atoms with Gasteiger partial charge in [0.25, 0.3) is 0 Å². The number of ether oxygens (including phenoxy) is 1. The zero-order valence-electron chi connectivity index (χ0n) is 14.1. The molecular weight excluding hydrogens is 338 g/mol. The zero-order valence-corrected chi connectivity index (χ0v) is 14.8. The molecule has 0 aliphatic carbocycles. The number of piperazine rings is 1. The predicted molar refractivity (Wildman–Crippen MR) is 99.4 cm³/mol. The molecule has 1 aliphatic heterocycles. The lowest BCUT2D eigenvalue weighted by molar-refractivity contribution is 0.0500. The van der Waals surface area contributed by atoms with E-state index in [-0.39, 0.29) is 5.97 Å². The van der Waals surface area contributed by atoms with Crippen LogP contribution in [0.2, 0.25) is 5.02 Å². The highest BCUT2D eigenvalue weighted by Gasteiger charge is 2.17. The van der Waals surface area contributed by atoms with Crippen LogP contribution >= 0.6 is 11.6 Å². The molecule has 0 spiro atoms. The van der Waals surface area contributed by atoms with E-state index in [0.717, 1.165) is 44.8 Å². The number of benzene rings is 1. The number of aryl methyl sites for hydroxylation is 1. The summed E-state index contributed by atoms with van der Waals surface area (Å²) in [6.07, 6.45) is 3.22. The van der Waals surface area contributed by atoms with Crippen molar-refractivity contribution >= 4 is 23.4 Å². The Bertz CT molecular complexity index is 703. The molecule has 1 aliphatic rings. The van der Waals surface area contributed by atoms with Crippen molar-refractivity contribution in [1.82, 2.24) is 10.3 Å². The Morgan fingerprint density at radius 1 is 1.24 bits per heavy atom. The number of hydrogen-bond acceptors (Lipinski definition) is 5. The third-order valence-electron chi connectivity index (χ3n) is 4.16. The van der Waals surface area contributed by atoms with Crippen LogP contribution in [0.4, 0.5) is 5.82 Å². The molecule has 1 aromatic carbocycles. The molecule has 2 heterocycles. The average molecular weight is 360 g/mol. The number of rotatable bonds is 6. The van der Waals surface area contributed by atoms with E-state index in [2.05, 4.69) is 27.3 Å². The summed E-state index contributed by atoms with van der Waals surface area (Å²) in [5.74, 6) is 0.345. The van der Waals surface area contributed by atoms with Gasteiger partial charge in [0, 0.05) is 32.4 Å². The second-order valence-corrected chi connectivity index (χ2v) is 6.40. The summed E-state index contributed by atoms with van der Waals surface area (Å²) >= 11 is 6.32. The predicted octanol–water partition coefficient (Wildman–Crippen LogP) is 2.93. The highest BCUT2D eigenvalue weighted by molar-refractivity contribution is 6.33. The highest BCUT2D eigenvalue weighted by Crippen LogP contribution is 2.24. The van der Waals surface area contributed by atoms with E-state index in [1.54, 1.807) is 12.3 Å². The largest absolute Gasteiger partial charge is 0.462 e. The Labute approximate surface area is 153 Å². The minimum Gasteiger partial charge on any atom is -0.462 e. The summed E-state index contributed by atoms with van der Waals surface area (Å²) in [5, 5.41) is 3.77. The molecule has 1 fully saturated rings. The zero-order chi connectivity index (χ0) is 17.5. The summed E-state index contributed by atoms with van der Waals surface area (Å²) in [6, 6.07) is 11.8. The monoisotopic (exact) mass is 359 g/mol. The Morgan fingerprint density at radius 3 is 2.72 bits per heavy atom. The molecule has 0 unspecified atom stereocenters. The van der Waals surface area contributed by atoms with Crippen LogP contribution < -0.4 is 10.2 Å². The van der Waals surface area contributed by atoms with Crippen LogP contribution in [-0.4, -0.2) is 43.7 Å². The normalized spacial score (nSPS) is 14.4. The average Bonchev–Trinajstić information content (AvgIpc) is 2.66. The molecule has 25 heavy (non-hydrogen) atoms. The van der Waals surface area contributed by atoms with E-state index in [4.69, 9.17) is 16.3 Å². The first kappa shape index (κ1) is 17.7. The van der Waals surface area contributed by atoms with Crippen LogP contribution in [0.1, 0.15) is 22.3 Å². The van der Waals surface area contributed by atoms with Gasteiger partial charge in [-0.05, 0) is 24.5 Å². The van der Waals surface area contributed by atoms with E-state index >= 15 is 0 Å². The molecule has 1 saturated heterocycles. The minimum atomic E-state index is -0.380. The van der Waals surface area contributed by atoms with Crippen LogP contribution in [0.25, 0.3) is 0 Å². The van der Waals surface area contributed by atoms with Crippen LogP contribution in [0, 0.1) is 0 Å². The molecule has 0 atom stereocenters. The fraction of sp³-hybridized carbons (Fsp3) is 0.368. The SMILES string of the molecule is O=C(OCCCc1ccccc1)c1cnc(N2CCNCC2)c(Cl)c1. The van der Waals surface area contributed by atoms with Crippen LogP contribution in [0.5, 0.6) is 0 Å². The molecule has 1 N–H and O–H groups in total. The lowest BCUT2D eigenvalue weighted by Gasteiger charge is -2.29. The lowest BCUT2D eigenvalue weighted by atomic mass is 10.1. The number of anilines is 1. The first-order valence-corrected chi connectivity index (χ1v) is 8.94. The minimum absolute atomic E-state index is 0.380. The van der Waals surface area contributed by atoms with Crippen molar-refractivity contribution in [3.63, 3.8) is 0 Å². The number of aromatic nitrogens is 1. The number of nitrogens with one attached hydrogen (secondary N) is 1. The van der Waals surface area contributed by atoms with Gasteiger partial charge in [0.15, 0.2) is 0 Å². The van der Waals surface area contributed by atoms with E-state index in [9.17, 15) is 4.79 Å². The quantitative estimate of drug-likeness (QED) is 0.635. The Hall–Kier alpha value is -2.11. The van der Waals surface area contributed by atoms with Crippen molar-refractivity contribution < 1.29 is 9.53 Å². The maximum Gasteiger partial charge on any atom is 0.339 e. The fourth-order valence-electron chi connectivity index (χ4n) is 2.82. The van der Waals surface area contributed by atoms with Gasteiger partial charge in [-0.15, -0.1) is 0 Å². The van der Waals surface area contributed by atoms with Crippen molar-refractivity contribution in [3.05, 3.63) is 58.7 Å². The van der Waals surface area contributed by atoms with Gasteiger partial charge in [0.1, 0.15) is 5.82 Å². The molecule has 0 radical (unpaired) electrons. The third kappa shape index (κ3) is 4.94. The summed E-state index contributed by atoms with van der Waals surface area (Å²) in [5.41, 5.74) is 1.63. The van der Waals surface area contributed by atoms with Crippen molar-refractivity contribution in [1.29, 1.82) is 0 Å². The molecule has 3 rings (SSSR count). The molecule has 1 aromatic heterocycles. The van der Waals surface area contributed by atoms with Crippen molar-refractivity contribution in [2.45, 2.75) is 12.8 Å². The molecule has 0 bridgehead atoms. The van der Waals surface area contributed by atoms with E-state index in [1.807, 2.05) is 18.2 Å². The molecule has 6 heteroatoms. The number of carbonyl (C=O) groups is 1. The molecular formula is C19H22ClN3O2. The second-order valence-electron chi connectivity index (χ2n) is 5.99. The summed E-state index contributed by atoms with van der Waals surface area (Å²) < 4.78 is 5.33. The Kier molecular flexibility index (Phi) is 6.25. The van der Waals surface area contributed by atoms with Crippen molar-refractivity contribution in [2.24, 2.45) is 0 Å². The first-order chi connectivity index (χ1) is 12.2. The van der Waals surface area contributed by atoms with Crippen LogP contribution in [-0.2, 0) is 11.2 Å². The van der Waals surface area contributed by atoms with Gasteiger partial charge in [-0.3, -0.25) is 0 Å². The third-order valence-corrected chi connectivity index (χ3v) is 4.44. The van der Waals surface area contributed by atoms with E-state index in [1.165, 1.54) is 5.56 Å². The second kappa shape index (κ2) is 8.83. The van der Waals surface area contributed by atoms with Crippen molar-refractivity contribution in [3.8, 4) is 0 Å². The van der Waals surface area contributed by atoms with Gasteiger partial charge >= 0.3 is 5.97 Å². The Balaban J connectivity index is 1.51. The van der Waals surface area contributed by atoms with Gasteiger partial charge < -0.3 is 15.0 Å². The van der Waals surface area contributed by atoms with Gasteiger partial charge in [0.05, 0.1) is 17.2 Å². The van der Waals surface area contributed by atoms with Gasteiger partial charge in [-0.2, -0.15) is 0 Å². The Morgan fingerprint density at radius 2 is 2.00 bits per heavy atom. The molecule has 5 nitrogen and oxygen atoms in total. The van der Waals surface area contributed by atoms with E-state index in [0.29, 0.717) is 17.2 Å². The summed E-state index contributed by atoms with van der Waals surface area (Å²) in [4.78, 5) is 18.6. The maximum absolute atomic E-state index is 12.2. The topological polar surface area (TPSA) is 54.5 Å². The number of carbonyl (C=O) groups excluding carboxylic acids is 1. The summed E-state index contributed by atoms with van der Waals surface area (Å²) in [6.45, 7) is 3.91. The van der Waals surface area contributed by atoms with E-state index < -0.39 is 0 Å². The smallest absolute Gasteiger partial charge is 0.339 e. The van der Waals surface area contributed by atoms with Crippen LogP contribution in [0.3, 0.4) is 0 Å². The van der Waals surface area contributed by atoms with Crippen molar-refractivity contribution in [2.75, 3.05) is 37.7 Å². The number of pyridine rings is 1. The van der Waals surface area contributed by atoms with Crippen LogP contribution in [0.15, 0.2) is 42.6 Å². The first-order valence-electron chi connectivity index (χ1n) is 8.56. The highest BCUT2D eigenvalue weighted by atomic mass is 35.5.